The van der Waals surface area contributed by atoms with Crippen molar-refractivity contribution in [3.63, 3.8) is 0 Å². The molecule has 0 bridgehead atoms. The van der Waals surface area contributed by atoms with Gasteiger partial charge in [0.25, 0.3) is 0 Å². The summed E-state index contributed by atoms with van der Waals surface area (Å²) in [6.07, 6.45) is -0.292. The lowest BCUT2D eigenvalue weighted by atomic mass is 10.1. The van der Waals surface area contributed by atoms with Gasteiger partial charge >= 0.3 is 0 Å². The van der Waals surface area contributed by atoms with Crippen LogP contribution in [-0.4, -0.2) is 45.7 Å². The van der Waals surface area contributed by atoms with Gasteiger partial charge in [0.15, 0.2) is 45.6 Å². The van der Waals surface area contributed by atoms with Crippen molar-refractivity contribution in [3.8, 4) is 22.8 Å². The minimum atomic E-state index is -0.276. The smallest absolute Gasteiger partial charge is 0.186 e. The number of Topliss-reactive ketones (excluding diaryl/α,β-unsaturated/α-hetero) is 1. The summed E-state index contributed by atoms with van der Waals surface area (Å²) in [6, 6.07) is 18.7. The van der Waals surface area contributed by atoms with Gasteiger partial charge in [-0.2, -0.15) is 0 Å². The molecule has 4 aromatic heterocycles. The molecule has 0 saturated carbocycles. The quantitative estimate of drug-likeness (QED) is 0.242. The first-order chi connectivity index (χ1) is 19.4. The van der Waals surface area contributed by atoms with E-state index < -0.39 is 0 Å². The lowest BCUT2D eigenvalue weighted by Gasteiger charge is -2.10. The van der Waals surface area contributed by atoms with Gasteiger partial charge in [0.05, 0.1) is 24.2 Å². The number of fused-ring (bicyclic) bond motifs is 2. The van der Waals surface area contributed by atoms with E-state index in [0.717, 1.165) is 11.1 Å². The number of aromatic nitrogens is 8. The molecule has 0 fully saturated rings. The maximum atomic E-state index is 13.0. The molecule has 6 rings (SSSR count). The van der Waals surface area contributed by atoms with Crippen molar-refractivity contribution in [2.75, 3.05) is 22.9 Å². The number of rotatable bonds is 6. The molecule has 0 unspecified atom stereocenters. The van der Waals surface area contributed by atoms with E-state index in [2.05, 4.69) is 39.9 Å². The Morgan fingerprint density at radius 3 is 1.30 bits per heavy atom. The summed E-state index contributed by atoms with van der Waals surface area (Å²) in [6.45, 7) is 0. The average Bonchev–Trinajstić information content (AvgIpc) is 2.95. The molecule has 196 valence electrons. The zero-order valence-electron chi connectivity index (χ0n) is 21.0. The van der Waals surface area contributed by atoms with Crippen LogP contribution in [0.2, 0.25) is 0 Å². The van der Waals surface area contributed by atoms with Gasteiger partial charge in [-0.15, -0.1) is 0 Å². The molecule has 40 heavy (non-hydrogen) atoms. The molecule has 0 radical (unpaired) electrons. The highest BCUT2D eigenvalue weighted by atomic mass is 16.1. The first kappa shape index (κ1) is 24.5. The summed E-state index contributed by atoms with van der Waals surface area (Å²) in [5.41, 5.74) is 27.6. The van der Waals surface area contributed by atoms with Gasteiger partial charge in [-0.25, -0.2) is 39.9 Å². The molecule has 6 aromatic rings. The molecule has 2 aromatic carbocycles. The molecule has 0 amide bonds. The van der Waals surface area contributed by atoms with E-state index in [9.17, 15) is 4.79 Å². The number of carbonyl (C=O) groups excluding carboxylic acids is 1. The Balaban J connectivity index is 1.26. The standard InChI is InChI=1S/C27H22N12O/c28-20-16(32-18-22(30)36-24(38-26(18)34-20)13-7-3-1-4-8-13)11-15(40)12-17-21(29)35-27-19(33-17)23(31)37-25(39-27)14-9-5-2-6-10-14/h1-10H,11-12H2,(H4,28,30,34,36,38)(H4,29,31,35,37,39). The van der Waals surface area contributed by atoms with Gasteiger partial charge in [0.1, 0.15) is 17.4 Å². The van der Waals surface area contributed by atoms with Gasteiger partial charge in [0, 0.05) is 11.1 Å². The SMILES string of the molecule is Nc1nc2nc(-c3ccccc3)nc(N)c2nc1CC(=O)Cc1nc2c(N)nc(-c3ccccc3)nc2nc1N. The van der Waals surface area contributed by atoms with Crippen LogP contribution < -0.4 is 22.9 Å². The van der Waals surface area contributed by atoms with Gasteiger partial charge in [-0.05, 0) is 0 Å². The number of benzene rings is 2. The largest absolute Gasteiger partial charge is 0.382 e. The summed E-state index contributed by atoms with van der Waals surface area (Å²) in [4.78, 5) is 48.2. The van der Waals surface area contributed by atoms with Crippen molar-refractivity contribution >= 4 is 51.4 Å². The van der Waals surface area contributed by atoms with Gasteiger partial charge in [-0.1, -0.05) is 60.7 Å². The van der Waals surface area contributed by atoms with Crippen LogP contribution in [0.25, 0.3) is 45.1 Å². The number of nitrogens with zero attached hydrogens (tertiary/aromatic N) is 8. The number of nitrogens with two attached hydrogens (primary N) is 4. The van der Waals surface area contributed by atoms with Crippen molar-refractivity contribution in [2.45, 2.75) is 12.8 Å². The first-order valence-corrected chi connectivity index (χ1v) is 12.2. The highest BCUT2D eigenvalue weighted by Crippen LogP contribution is 2.25. The molecule has 0 aliphatic rings. The lowest BCUT2D eigenvalue weighted by Crippen LogP contribution is -2.15. The molecule has 0 spiro atoms. The maximum Gasteiger partial charge on any atom is 0.186 e. The lowest BCUT2D eigenvalue weighted by molar-refractivity contribution is -0.117. The number of nitrogen functional groups attached to an aromatic ring is 4. The fourth-order valence-electron chi connectivity index (χ4n) is 4.16. The third kappa shape index (κ3) is 4.62. The molecule has 0 aliphatic heterocycles. The highest BCUT2D eigenvalue weighted by molar-refractivity contribution is 5.89. The Labute approximate surface area is 226 Å². The molecule has 13 nitrogen and oxygen atoms in total. The van der Waals surface area contributed by atoms with Crippen LogP contribution in [0.4, 0.5) is 23.3 Å². The fourth-order valence-corrected chi connectivity index (χ4v) is 4.16. The first-order valence-electron chi connectivity index (χ1n) is 12.2. The third-order valence-electron chi connectivity index (χ3n) is 6.12. The Morgan fingerprint density at radius 1 is 0.500 bits per heavy atom. The third-order valence-corrected chi connectivity index (χ3v) is 6.12. The summed E-state index contributed by atoms with van der Waals surface area (Å²) >= 11 is 0. The Kier molecular flexibility index (Phi) is 5.99. The predicted octanol–water partition coefficient (Wildman–Crippen LogP) is 2.17. The summed E-state index contributed by atoms with van der Waals surface area (Å²) in [5, 5.41) is 0. The van der Waals surface area contributed by atoms with Crippen molar-refractivity contribution < 1.29 is 4.79 Å². The van der Waals surface area contributed by atoms with Crippen LogP contribution in [0.3, 0.4) is 0 Å². The Morgan fingerprint density at radius 2 is 0.900 bits per heavy atom. The molecule has 0 aliphatic carbocycles. The van der Waals surface area contributed by atoms with E-state index in [1.165, 1.54) is 0 Å². The number of hydrogen-bond donors (Lipinski definition) is 4. The zero-order chi connectivity index (χ0) is 27.8. The van der Waals surface area contributed by atoms with Crippen LogP contribution in [0.1, 0.15) is 11.4 Å². The average molecular weight is 531 g/mol. The van der Waals surface area contributed by atoms with Crippen molar-refractivity contribution in [1.29, 1.82) is 0 Å². The predicted molar refractivity (Wildman–Crippen MR) is 151 cm³/mol. The van der Waals surface area contributed by atoms with E-state index >= 15 is 0 Å². The molecule has 0 saturated heterocycles. The van der Waals surface area contributed by atoms with E-state index in [-0.39, 0.29) is 75.6 Å². The van der Waals surface area contributed by atoms with Gasteiger partial charge in [0.2, 0.25) is 0 Å². The molecule has 4 heterocycles. The Hall–Kier alpha value is -5.85. The van der Waals surface area contributed by atoms with Crippen LogP contribution in [0.15, 0.2) is 60.7 Å². The van der Waals surface area contributed by atoms with Crippen molar-refractivity contribution in [2.24, 2.45) is 0 Å². The number of ketones is 1. The van der Waals surface area contributed by atoms with Crippen LogP contribution in [0, 0.1) is 0 Å². The van der Waals surface area contributed by atoms with Gasteiger partial charge in [-0.3, -0.25) is 4.79 Å². The molecule has 13 heteroatoms. The minimum Gasteiger partial charge on any atom is -0.382 e. The second kappa shape index (κ2) is 9.79. The van der Waals surface area contributed by atoms with E-state index in [0.29, 0.717) is 11.6 Å². The zero-order valence-corrected chi connectivity index (χ0v) is 21.0. The van der Waals surface area contributed by atoms with E-state index in [1.54, 1.807) is 0 Å². The topological polar surface area (TPSA) is 224 Å². The second-order valence-electron chi connectivity index (χ2n) is 8.94. The second-order valence-corrected chi connectivity index (χ2v) is 8.94. The fraction of sp³-hybridized carbons (Fsp3) is 0.0741. The molecular weight excluding hydrogens is 508 g/mol. The van der Waals surface area contributed by atoms with Crippen LogP contribution >= 0.6 is 0 Å². The van der Waals surface area contributed by atoms with Gasteiger partial charge < -0.3 is 22.9 Å². The highest BCUT2D eigenvalue weighted by Gasteiger charge is 2.19. The van der Waals surface area contributed by atoms with Crippen molar-refractivity contribution in [3.05, 3.63) is 72.1 Å². The van der Waals surface area contributed by atoms with E-state index in [4.69, 9.17) is 22.9 Å². The molecular formula is C27H22N12O. The van der Waals surface area contributed by atoms with Crippen molar-refractivity contribution in [1.82, 2.24) is 39.9 Å². The van der Waals surface area contributed by atoms with E-state index in [1.807, 2.05) is 60.7 Å². The number of anilines is 4. The monoisotopic (exact) mass is 530 g/mol. The van der Waals surface area contributed by atoms with Crippen LogP contribution in [-0.2, 0) is 17.6 Å². The summed E-state index contributed by atoms with van der Waals surface area (Å²) < 4.78 is 0. The number of carbonyl (C=O) groups is 1. The van der Waals surface area contributed by atoms with Crippen LogP contribution in [0.5, 0.6) is 0 Å². The summed E-state index contributed by atoms with van der Waals surface area (Å²) in [5.74, 6) is 0.880. The molecule has 0 atom stereocenters. The Bertz CT molecular complexity index is 1770. The summed E-state index contributed by atoms with van der Waals surface area (Å²) in [7, 11) is 0. The maximum absolute atomic E-state index is 13.0. The minimum absolute atomic E-state index is 0.0571. The normalized spacial score (nSPS) is 11.2. The number of hydrogen-bond acceptors (Lipinski definition) is 13. The molecule has 8 N–H and O–H groups in total.